The molecule has 0 aromatic carbocycles. The van der Waals surface area contributed by atoms with Crippen molar-refractivity contribution in [1.29, 1.82) is 5.26 Å². The summed E-state index contributed by atoms with van der Waals surface area (Å²) in [7, 11) is 1.47. The van der Waals surface area contributed by atoms with E-state index < -0.39 is 18.1 Å². The summed E-state index contributed by atoms with van der Waals surface area (Å²) in [5.74, 6) is -1.25. The molecule has 2 atom stereocenters. The van der Waals surface area contributed by atoms with Crippen LogP contribution in [0.2, 0.25) is 0 Å². The van der Waals surface area contributed by atoms with Crippen LogP contribution in [0.25, 0.3) is 0 Å². The number of hydrogen-bond acceptors (Lipinski definition) is 7. The summed E-state index contributed by atoms with van der Waals surface area (Å²) in [6.07, 6.45) is 9.48. The summed E-state index contributed by atoms with van der Waals surface area (Å²) in [6.45, 7) is 1.34. The maximum Gasteiger partial charge on any atom is 0.306 e. The molecule has 8 nitrogen and oxygen atoms in total. The van der Waals surface area contributed by atoms with E-state index in [2.05, 4.69) is 22.1 Å². The number of pyridine rings is 1. The molecule has 0 amide bonds. The van der Waals surface area contributed by atoms with Crippen LogP contribution in [0.3, 0.4) is 0 Å². The molecule has 3 rings (SSSR count). The van der Waals surface area contributed by atoms with Gasteiger partial charge in [0.15, 0.2) is 0 Å². The fourth-order valence-corrected chi connectivity index (χ4v) is 4.61. The van der Waals surface area contributed by atoms with Crippen molar-refractivity contribution >= 4 is 5.97 Å². The number of carboxylic acid groups (broad SMARTS) is 1. The fourth-order valence-electron chi connectivity index (χ4n) is 4.61. The molecule has 1 N–H and O–H groups in total. The molecule has 2 heterocycles. The molecule has 1 aliphatic carbocycles. The van der Waals surface area contributed by atoms with Gasteiger partial charge in [0, 0.05) is 43.9 Å². The van der Waals surface area contributed by atoms with Gasteiger partial charge in [-0.25, -0.2) is 14.4 Å². The number of methoxy groups -OCH3 is 1. The van der Waals surface area contributed by atoms with Gasteiger partial charge in [0.25, 0.3) is 0 Å². The molecule has 1 aliphatic rings. The molecule has 9 heteroatoms. The zero-order chi connectivity index (χ0) is 25.8. The maximum absolute atomic E-state index is 14.3. The number of carboxylic acids is 1. The Hall–Kier alpha value is -2.96. The number of rotatable bonds is 15. The van der Waals surface area contributed by atoms with Crippen molar-refractivity contribution in [1.82, 2.24) is 19.9 Å². The minimum Gasteiger partial charge on any atom is -0.481 e. The Kier molecular flexibility index (Phi) is 11.2. The van der Waals surface area contributed by atoms with Crippen LogP contribution in [-0.2, 0) is 35.2 Å². The van der Waals surface area contributed by atoms with Gasteiger partial charge in [0.05, 0.1) is 18.1 Å². The van der Waals surface area contributed by atoms with Crippen molar-refractivity contribution in [3.63, 3.8) is 0 Å². The Labute approximate surface area is 212 Å². The first-order valence-electron chi connectivity index (χ1n) is 12.7. The van der Waals surface area contributed by atoms with Crippen molar-refractivity contribution in [2.75, 3.05) is 33.4 Å². The first-order chi connectivity index (χ1) is 17.5. The molecule has 2 aromatic heterocycles. The van der Waals surface area contributed by atoms with Crippen molar-refractivity contribution in [3.05, 3.63) is 52.9 Å². The van der Waals surface area contributed by atoms with E-state index in [1.807, 2.05) is 11.0 Å². The second-order valence-corrected chi connectivity index (χ2v) is 9.45. The first kappa shape index (κ1) is 27.6. The number of unbranched alkanes of at least 4 members (excludes halogenated alkanes) is 1. The summed E-state index contributed by atoms with van der Waals surface area (Å²) in [4.78, 5) is 26.9. The molecule has 0 aliphatic heterocycles. The number of aryl methyl sites for hydroxylation is 3. The number of carbonyl (C=O) groups is 1. The number of fused-ring (bicyclic) bond motifs is 1. The molecule has 36 heavy (non-hydrogen) atoms. The second kappa shape index (κ2) is 14.6. The van der Waals surface area contributed by atoms with Crippen molar-refractivity contribution in [3.8, 4) is 6.07 Å². The predicted molar refractivity (Wildman–Crippen MR) is 133 cm³/mol. The van der Waals surface area contributed by atoms with E-state index >= 15 is 0 Å². The summed E-state index contributed by atoms with van der Waals surface area (Å²) in [6, 6.07) is 6.29. The lowest BCUT2D eigenvalue weighted by molar-refractivity contribution is -0.142. The number of ether oxygens (including phenoxy) is 1. The third kappa shape index (κ3) is 8.92. The quantitative estimate of drug-likeness (QED) is 0.372. The van der Waals surface area contributed by atoms with Gasteiger partial charge in [-0.1, -0.05) is 6.07 Å². The van der Waals surface area contributed by atoms with Gasteiger partial charge in [0.1, 0.15) is 18.1 Å². The number of aliphatic carboxylic acids is 1. The lowest BCUT2D eigenvalue weighted by Crippen LogP contribution is -2.36. The molecular formula is C27H36FN5O3. The largest absolute Gasteiger partial charge is 0.481 e. The van der Waals surface area contributed by atoms with Crippen LogP contribution in [-0.4, -0.2) is 70.5 Å². The standard InChI is InChI=1S/C27H36FN5O3/c1-36-19-23(28)18-33(12-5-4-7-24-10-9-21-6-2-3-8-25(21)32-24)13-11-22(27(34)35)14-26-30-16-20(15-29)17-31-26/h9-10,16-17,22-23H,2-8,11-14,18-19H2,1H3,(H,34,35)/t22-,23+/m1/s1. The third-order valence-corrected chi connectivity index (χ3v) is 6.60. The monoisotopic (exact) mass is 497 g/mol. The third-order valence-electron chi connectivity index (χ3n) is 6.60. The molecule has 0 spiro atoms. The Bertz CT molecular complexity index is 1010. The van der Waals surface area contributed by atoms with E-state index in [4.69, 9.17) is 15.0 Å². The highest BCUT2D eigenvalue weighted by atomic mass is 19.1. The Morgan fingerprint density at radius 1 is 1.22 bits per heavy atom. The van der Waals surface area contributed by atoms with Gasteiger partial charge in [-0.05, 0) is 76.1 Å². The van der Waals surface area contributed by atoms with E-state index in [1.54, 1.807) is 0 Å². The average molecular weight is 498 g/mol. The average Bonchev–Trinajstić information content (AvgIpc) is 2.89. The van der Waals surface area contributed by atoms with Crippen LogP contribution in [0.15, 0.2) is 24.5 Å². The van der Waals surface area contributed by atoms with Crippen LogP contribution >= 0.6 is 0 Å². The fraction of sp³-hybridized carbons (Fsp3) is 0.593. The summed E-state index contributed by atoms with van der Waals surface area (Å²) < 4.78 is 19.3. The zero-order valence-electron chi connectivity index (χ0n) is 21.0. The van der Waals surface area contributed by atoms with Gasteiger partial charge in [0.2, 0.25) is 0 Å². The molecule has 0 saturated carbocycles. The molecule has 0 bridgehead atoms. The van der Waals surface area contributed by atoms with E-state index in [9.17, 15) is 14.3 Å². The number of nitrogens with zero attached hydrogens (tertiary/aromatic N) is 5. The molecule has 0 fully saturated rings. The molecular weight excluding hydrogens is 461 g/mol. The van der Waals surface area contributed by atoms with Crippen molar-refractivity contribution in [2.24, 2.45) is 5.92 Å². The molecule has 0 saturated heterocycles. The van der Waals surface area contributed by atoms with E-state index in [0.29, 0.717) is 30.9 Å². The molecule has 2 aromatic rings. The number of alkyl halides is 1. The molecule has 194 valence electrons. The normalized spacial score (nSPS) is 14.7. The highest BCUT2D eigenvalue weighted by Crippen LogP contribution is 2.20. The van der Waals surface area contributed by atoms with Crippen molar-refractivity contribution < 1.29 is 19.0 Å². The molecule has 0 radical (unpaired) electrons. The minimum absolute atomic E-state index is 0.0109. The zero-order valence-corrected chi connectivity index (χ0v) is 21.0. The summed E-state index contributed by atoms with van der Waals surface area (Å²) >= 11 is 0. The predicted octanol–water partition coefficient (Wildman–Crippen LogP) is 3.56. The van der Waals surface area contributed by atoms with Gasteiger partial charge < -0.3 is 14.7 Å². The summed E-state index contributed by atoms with van der Waals surface area (Å²) in [5, 5.41) is 18.6. The lowest BCUT2D eigenvalue weighted by Gasteiger charge is -2.25. The van der Waals surface area contributed by atoms with Gasteiger partial charge in [-0.3, -0.25) is 9.78 Å². The van der Waals surface area contributed by atoms with Crippen LogP contribution in [0.1, 0.15) is 60.4 Å². The van der Waals surface area contributed by atoms with E-state index in [-0.39, 0.29) is 19.6 Å². The van der Waals surface area contributed by atoms with E-state index in [0.717, 1.165) is 37.8 Å². The Balaban J connectivity index is 1.51. The highest BCUT2D eigenvalue weighted by molar-refractivity contribution is 5.70. The molecule has 0 unspecified atom stereocenters. The van der Waals surface area contributed by atoms with E-state index in [1.165, 1.54) is 43.6 Å². The lowest BCUT2D eigenvalue weighted by atomic mass is 9.95. The topological polar surface area (TPSA) is 112 Å². The van der Waals surface area contributed by atoms with Crippen LogP contribution in [0, 0.1) is 17.2 Å². The number of aromatic nitrogens is 3. The Morgan fingerprint density at radius 2 is 2.00 bits per heavy atom. The van der Waals surface area contributed by atoms with Gasteiger partial charge in [-0.15, -0.1) is 0 Å². The highest BCUT2D eigenvalue weighted by Gasteiger charge is 2.22. The van der Waals surface area contributed by atoms with Crippen LogP contribution in [0.4, 0.5) is 4.39 Å². The second-order valence-electron chi connectivity index (χ2n) is 9.45. The van der Waals surface area contributed by atoms with Gasteiger partial charge in [-0.2, -0.15) is 5.26 Å². The van der Waals surface area contributed by atoms with Gasteiger partial charge >= 0.3 is 5.97 Å². The van der Waals surface area contributed by atoms with Crippen LogP contribution in [0.5, 0.6) is 0 Å². The maximum atomic E-state index is 14.3. The van der Waals surface area contributed by atoms with Crippen LogP contribution < -0.4 is 0 Å². The number of halogens is 1. The van der Waals surface area contributed by atoms with Crippen molar-refractivity contribution in [2.45, 2.75) is 64.0 Å². The number of nitriles is 1. The minimum atomic E-state index is -1.14. The summed E-state index contributed by atoms with van der Waals surface area (Å²) in [5.41, 5.74) is 4.06. The Morgan fingerprint density at radius 3 is 2.72 bits per heavy atom. The SMILES string of the molecule is COC[C@@H](F)CN(CCCCc1ccc2c(n1)CCCC2)CC[C@H](Cc1ncc(C#N)cn1)C(=O)O. The smallest absolute Gasteiger partial charge is 0.306 e. The number of hydrogen-bond donors (Lipinski definition) is 1. The first-order valence-corrected chi connectivity index (χ1v) is 12.7.